The molecular weight excluding hydrogens is 320 g/mol. The first-order valence-corrected chi connectivity index (χ1v) is 7.64. The summed E-state index contributed by atoms with van der Waals surface area (Å²) >= 11 is 5.17. The fourth-order valence-corrected chi connectivity index (χ4v) is 3.54. The zero-order valence-electron chi connectivity index (χ0n) is 10.1. The molecular formula is C15H13BrN2S. The highest BCUT2D eigenvalue weighted by molar-refractivity contribution is 9.11. The second kappa shape index (κ2) is 5.43. The molecule has 0 amide bonds. The van der Waals surface area contributed by atoms with Gasteiger partial charge in [-0.05, 0) is 49.3 Å². The Morgan fingerprint density at radius 1 is 1.11 bits per heavy atom. The van der Waals surface area contributed by atoms with Gasteiger partial charge in [-0.15, -0.1) is 11.3 Å². The lowest BCUT2D eigenvalue weighted by molar-refractivity contribution is 0.643. The van der Waals surface area contributed by atoms with E-state index in [-0.39, 0.29) is 6.04 Å². The maximum Gasteiger partial charge on any atom is 0.0724 e. The Balaban J connectivity index is 2.16. The van der Waals surface area contributed by atoms with E-state index < -0.39 is 0 Å². The zero-order valence-corrected chi connectivity index (χ0v) is 12.5. The predicted molar refractivity (Wildman–Crippen MR) is 85.1 cm³/mol. The molecule has 0 radical (unpaired) electrons. The molecule has 0 aliphatic rings. The minimum atomic E-state index is 0.00801. The molecule has 2 aromatic carbocycles. The molecule has 3 aromatic rings. The molecule has 3 rings (SSSR count). The largest absolute Gasteiger partial charge is 0.271 e. The van der Waals surface area contributed by atoms with Gasteiger partial charge in [0.15, 0.2) is 0 Å². The Bertz CT molecular complexity index is 703. The van der Waals surface area contributed by atoms with Gasteiger partial charge < -0.3 is 0 Å². The van der Waals surface area contributed by atoms with Gasteiger partial charge in [0.2, 0.25) is 0 Å². The van der Waals surface area contributed by atoms with Gasteiger partial charge in [-0.25, -0.2) is 5.43 Å². The molecule has 96 valence electrons. The van der Waals surface area contributed by atoms with Crippen molar-refractivity contribution in [3.63, 3.8) is 0 Å². The van der Waals surface area contributed by atoms with Crippen LogP contribution in [0, 0.1) is 0 Å². The first kappa shape index (κ1) is 12.8. The number of fused-ring (bicyclic) bond motifs is 1. The highest BCUT2D eigenvalue weighted by atomic mass is 79.9. The van der Waals surface area contributed by atoms with Crippen molar-refractivity contribution in [1.29, 1.82) is 0 Å². The van der Waals surface area contributed by atoms with Crippen molar-refractivity contribution in [2.45, 2.75) is 6.04 Å². The zero-order chi connectivity index (χ0) is 13.2. The highest BCUT2D eigenvalue weighted by Crippen LogP contribution is 2.32. The molecule has 0 bridgehead atoms. The van der Waals surface area contributed by atoms with Gasteiger partial charge in [0.25, 0.3) is 0 Å². The van der Waals surface area contributed by atoms with Gasteiger partial charge in [-0.3, -0.25) is 5.84 Å². The van der Waals surface area contributed by atoms with E-state index in [4.69, 9.17) is 5.84 Å². The summed E-state index contributed by atoms with van der Waals surface area (Å²) in [7, 11) is 0. The van der Waals surface area contributed by atoms with Crippen molar-refractivity contribution in [2.24, 2.45) is 5.84 Å². The topological polar surface area (TPSA) is 38.0 Å². The Morgan fingerprint density at radius 3 is 2.63 bits per heavy atom. The number of benzene rings is 2. The van der Waals surface area contributed by atoms with E-state index in [0.29, 0.717) is 0 Å². The van der Waals surface area contributed by atoms with Crippen molar-refractivity contribution in [2.75, 3.05) is 0 Å². The molecule has 3 N–H and O–H groups in total. The molecule has 1 unspecified atom stereocenters. The molecule has 0 saturated carbocycles. The Hall–Kier alpha value is -1.20. The quantitative estimate of drug-likeness (QED) is 0.556. The SMILES string of the molecule is NNC(c1csc(Br)c1)c1cccc2ccccc12. The minimum absolute atomic E-state index is 0.00801. The van der Waals surface area contributed by atoms with Crippen LogP contribution in [0.3, 0.4) is 0 Å². The van der Waals surface area contributed by atoms with E-state index in [1.165, 1.54) is 21.9 Å². The number of halogens is 1. The van der Waals surface area contributed by atoms with Crippen LogP contribution >= 0.6 is 27.3 Å². The van der Waals surface area contributed by atoms with Crippen LogP contribution < -0.4 is 11.3 Å². The van der Waals surface area contributed by atoms with Crippen LogP contribution in [0.2, 0.25) is 0 Å². The van der Waals surface area contributed by atoms with Crippen molar-refractivity contribution in [3.8, 4) is 0 Å². The summed E-state index contributed by atoms with van der Waals surface area (Å²) in [6, 6.07) is 16.8. The molecule has 0 aliphatic carbocycles. The Kier molecular flexibility index (Phi) is 3.66. The van der Waals surface area contributed by atoms with E-state index in [0.717, 1.165) is 3.79 Å². The molecule has 0 saturated heterocycles. The smallest absolute Gasteiger partial charge is 0.0724 e. The van der Waals surface area contributed by atoms with Crippen molar-refractivity contribution in [3.05, 3.63) is 68.8 Å². The fraction of sp³-hybridized carbons (Fsp3) is 0.0667. The van der Waals surface area contributed by atoms with Crippen LogP contribution in [-0.4, -0.2) is 0 Å². The van der Waals surface area contributed by atoms with Crippen LogP contribution in [0.15, 0.2) is 57.7 Å². The summed E-state index contributed by atoms with van der Waals surface area (Å²) in [5.74, 6) is 5.78. The minimum Gasteiger partial charge on any atom is -0.271 e. The predicted octanol–water partition coefficient (Wildman–Crippen LogP) is 4.22. The molecule has 0 fully saturated rings. The number of rotatable bonds is 3. The standard InChI is InChI=1S/C15H13BrN2S/c16-14-8-11(9-19-14)15(18-17)13-7-3-5-10-4-1-2-6-12(10)13/h1-9,15,18H,17H2. The van der Waals surface area contributed by atoms with Gasteiger partial charge >= 0.3 is 0 Å². The number of nitrogens with one attached hydrogen (secondary N) is 1. The van der Waals surface area contributed by atoms with Crippen LogP contribution in [0.1, 0.15) is 17.2 Å². The maximum atomic E-state index is 5.78. The molecule has 0 aliphatic heterocycles. The second-order valence-corrected chi connectivity index (χ2v) is 6.64. The lowest BCUT2D eigenvalue weighted by Gasteiger charge is -2.17. The molecule has 2 nitrogen and oxygen atoms in total. The number of hydrogen-bond donors (Lipinski definition) is 2. The monoisotopic (exact) mass is 332 g/mol. The summed E-state index contributed by atoms with van der Waals surface area (Å²) in [5, 5.41) is 4.58. The summed E-state index contributed by atoms with van der Waals surface area (Å²) in [6.07, 6.45) is 0. The van der Waals surface area contributed by atoms with Crippen molar-refractivity contribution in [1.82, 2.24) is 5.43 Å². The van der Waals surface area contributed by atoms with Crippen LogP contribution in [0.5, 0.6) is 0 Å². The van der Waals surface area contributed by atoms with Crippen LogP contribution in [-0.2, 0) is 0 Å². The Labute approximate surface area is 124 Å². The fourth-order valence-electron chi connectivity index (χ4n) is 2.34. The Morgan fingerprint density at radius 2 is 1.89 bits per heavy atom. The molecule has 1 atom stereocenters. The van der Waals surface area contributed by atoms with E-state index in [2.05, 4.69) is 75.3 Å². The average Bonchev–Trinajstić information content (AvgIpc) is 2.86. The highest BCUT2D eigenvalue weighted by Gasteiger charge is 2.16. The van der Waals surface area contributed by atoms with Crippen molar-refractivity contribution >= 4 is 38.0 Å². The number of thiophene rings is 1. The van der Waals surface area contributed by atoms with Gasteiger partial charge in [-0.2, -0.15) is 0 Å². The maximum absolute atomic E-state index is 5.78. The third-order valence-corrected chi connectivity index (χ3v) is 4.74. The molecule has 4 heteroatoms. The molecule has 19 heavy (non-hydrogen) atoms. The molecule has 1 heterocycles. The lowest BCUT2D eigenvalue weighted by Crippen LogP contribution is -2.28. The number of hydrazine groups is 1. The van der Waals surface area contributed by atoms with Gasteiger partial charge in [0.05, 0.1) is 9.83 Å². The van der Waals surface area contributed by atoms with E-state index >= 15 is 0 Å². The molecule has 1 aromatic heterocycles. The molecule has 0 spiro atoms. The normalized spacial score (nSPS) is 12.7. The number of nitrogens with two attached hydrogens (primary N) is 1. The van der Waals surface area contributed by atoms with E-state index in [9.17, 15) is 0 Å². The number of hydrogen-bond acceptors (Lipinski definition) is 3. The second-order valence-electron chi connectivity index (χ2n) is 4.35. The van der Waals surface area contributed by atoms with E-state index in [1.807, 2.05) is 0 Å². The van der Waals surface area contributed by atoms with E-state index in [1.54, 1.807) is 11.3 Å². The van der Waals surface area contributed by atoms with Crippen molar-refractivity contribution < 1.29 is 0 Å². The summed E-state index contributed by atoms with van der Waals surface area (Å²) < 4.78 is 1.11. The third-order valence-electron chi connectivity index (χ3n) is 3.22. The first-order chi connectivity index (χ1) is 9.29. The third kappa shape index (κ3) is 2.44. The summed E-state index contributed by atoms with van der Waals surface area (Å²) in [5.41, 5.74) is 5.30. The van der Waals surface area contributed by atoms with Gasteiger partial charge in [0, 0.05) is 0 Å². The van der Waals surface area contributed by atoms with Gasteiger partial charge in [-0.1, -0.05) is 42.5 Å². The lowest BCUT2D eigenvalue weighted by atomic mass is 9.96. The van der Waals surface area contributed by atoms with Crippen LogP contribution in [0.4, 0.5) is 0 Å². The average molecular weight is 333 g/mol. The first-order valence-electron chi connectivity index (χ1n) is 5.97. The van der Waals surface area contributed by atoms with Crippen LogP contribution in [0.25, 0.3) is 10.8 Å². The van der Waals surface area contributed by atoms with Gasteiger partial charge in [0.1, 0.15) is 0 Å². The summed E-state index contributed by atoms with van der Waals surface area (Å²) in [4.78, 5) is 0. The summed E-state index contributed by atoms with van der Waals surface area (Å²) in [6.45, 7) is 0.